The van der Waals surface area contributed by atoms with E-state index < -0.39 is 17.0 Å². The van der Waals surface area contributed by atoms with Gasteiger partial charge in [0.1, 0.15) is 0 Å². The van der Waals surface area contributed by atoms with Crippen LogP contribution < -0.4 is 0 Å². The predicted molar refractivity (Wildman–Crippen MR) is 78.2 cm³/mol. The number of alkyl halides is 1. The second-order valence-electron chi connectivity index (χ2n) is 3.85. The molecule has 0 aliphatic heterocycles. The zero-order valence-corrected chi connectivity index (χ0v) is 13.1. The second kappa shape index (κ2) is 5.96. The number of hydrogen-bond acceptors (Lipinski definition) is 0. The molecule has 0 aromatic heterocycles. The lowest BCUT2D eigenvalue weighted by Crippen LogP contribution is -1.97. The molecule has 2 aromatic carbocycles. The third-order valence-corrected chi connectivity index (χ3v) is 3.98. The molecule has 0 N–H and O–H groups in total. The Labute approximate surface area is 132 Å². The van der Waals surface area contributed by atoms with E-state index in [1.54, 1.807) is 18.2 Å². The summed E-state index contributed by atoms with van der Waals surface area (Å²) >= 11 is 21.4. The van der Waals surface area contributed by atoms with Gasteiger partial charge in [-0.05, 0) is 41.5 Å². The van der Waals surface area contributed by atoms with E-state index in [9.17, 15) is 8.78 Å². The SMILES string of the molecule is Fc1cc(Cl)c(C(Cl)c2cc(Cl)cc(Br)c2)cc1F. The molecular weight excluding hydrogens is 380 g/mol. The number of rotatable bonds is 2. The van der Waals surface area contributed by atoms with E-state index in [0.29, 0.717) is 10.6 Å². The zero-order chi connectivity index (χ0) is 14.2. The molecular formula is C13H6BrCl3F2. The molecule has 0 aliphatic rings. The van der Waals surface area contributed by atoms with Gasteiger partial charge in [0.15, 0.2) is 11.6 Å². The molecule has 0 bridgehead atoms. The van der Waals surface area contributed by atoms with Gasteiger partial charge in [0.2, 0.25) is 0 Å². The van der Waals surface area contributed by atoms with Crippen LogP contribution in [0.25, 0.3) is 0 Å². The van der Waals surface area contributed by atoms with Crippen LogP contribution in [0.1, 0.15) is 16.5 Å². The maximum absolute atomic E-state index is 13.3. The second-order valence-corrected chi connectivity index (χ2v) is 6.05. The minimum atomic E-state index is -1.01. The van der Waals surface area contributed by atoms with Crippen LogP contribution >= 0.6 is 50.7 Å². The van der Waals surface area contributed by atoms with Crippen LogP contribution in [0, 0.1) is 11.6 Å². The summed E-state index contributed by atoms with van der Waals surface area (Å²) in [7, 11) is 0. The van der Waals surface area contributed by atoms with Crippen molar-refractivity contribution in [3.8, 4) is 0 Å². The summed E-state index contributed by atoms with van der Waals surface area (Å²) in [6, 6.07) is 6.97. The summed E-state index contributed by atoms with van der Waals surface area (Å²) in [4.78, 5) is 0. The van der Waals surface area contributed by atoms with Crippen LogP contribution in [0.15, 0.2) is 34.8 Å². The third kappa shape index (κ3) is 3.40. The lowest BCUT2D eigenvalue weighted by atomic mass is 10.0. The topological polar surface area (TPSA) is 0 Å². The highest BCUT2D eigenvalue weighted by Gasteiger charge is 2.18. The van der Waals surface area contributed by atoms with Gasteiger partial charge in [-0.1, -0.05) is 39.1 Å². The van der Waals surface area contributed by atoms with Gasteiger partial charge in [0, 0.05) is 14.5 Å². The van der Waals surface area contributed by atoms with Crippen LogP contribution in [0.4, 0.5) is 8.78 Å². The van der Waals surface area contributed by atoms with Crippen LogP contribution in [-0.2, 0) is 0 Å². The maximum atomic E-state index is 13.3. The van der Waals surface area contributed by atoms with E-state index in [2.05, 4.69) is 15.9 Å². The van der Waals surface area contributed by atoms with Crippen molar-refractivity contribution in [2.24, 2.45) is 0 Å². The number of halogens is 6. The first-order valence-electron chi connectivity index (χ1n) is 5.13. The van der Waals surface area contributed by atoms with Gasteiger partial charge in [0.05, 0.1) is 5.38 Å². The molecule has 0 nitrogen and oxygen atoms in total. The number of benzene rings is 2. The molecule has 0 saturated heterocycles. The van der Waals surface area contributed by atoms with Crippen LogP contribution in [-0.4, -0.2) is 0 Å². The molecule has 0 amide bonds. The average molecular weight is 386 g/mol. The van der Waals surface area contributed by atoms with Crippen molar-refractivity contribution < 1.29 is 8.78 Å². The summed E-state index contributed by atoms with van der Waals surface area (Å²) in [6.45, 7) is 0. The summed E-state index contributed by atoms with van der Waals surface area (Å²) in [6.07, 6.45) is 0. The van der Waals surface area contributed by atoms with Crippen molar-refractivity contribution in [3.63, 3.8) is 0 Å². The smallest absolute Gasteiger partial charge is 0.160 e. The molecule has 1 atom stereocenters. The van der Waals surface area contributed by atoms with Gasteiger partial charge in [-0.3, -0.25) is 0 Å². The van der Waals surface area contributed by atoms with Crippen LogP contribution in [0.3, 0.4) is 0 Å². The first kappa shape index (κ1) is 15.0. The maximum Gasteiger partial charge on any atom is 0.160 e. The van der Waals surface area contributed by atoms with Crippen LogP contribution in [0.5, 0.6) is 0 Å². The highest BCUT2D eigenvalue weighted by molar-refractivity contribution is 9.10. The molecule has 100 valence electrons. The summed E-state index contributed by atoms with van der Waals surface area (Å²) < 4.78 is 27.0. The summed E-state index contributed by atoms with van der Waals surface area (Å²) in [5, 5.41) is -0.179. The molecule has 0 aliphatic carbocycles. The lowest BCUT2D eigenvalue weighted by Gasteiger charge is -2.13. The van der Waals surface area contributed by atoms with E-state index >= 15 is 0 Å². The first-order chi connectivity index (χ1) is 8.88. The Bertz CT molecular complexity index is 611. The predicted octanol–water partition coefficient (Wildman–Crippen LogP) is 6.36. The molecule has 6 heteroatoms. The highest BCUT2D eigenvalue weighted by atomic mass is 79.9. The van der Waals surface area contributed by atoms with Crippen molar-refractivity contribution >= 4 is 50.7 Å². The van der Waals surface area contributed by atoms with E-state index in [1.165, 1.54) is 0 Å². The Morgan fingerprint density at radius 3 is 2.21 bits per heavy atom. The normalized spacial score (nSPS) is 12.5. The molecule has 2 rings (SSSR count). The lowest BCUT2D eigenvalue weighted by molar-refractivity contribution is 0.507. The van der Waals surface area contributed by atoms with E-state index in [0.717, 1.165) is 16.6 Å². The molecule has 0 heterocycles. The average Bonchev–Trinajstić information content (AvgIpc) is 2.31. The molecule has 0 radical (unpaired) electrons. The fourth-order valence-corrected chi connectivity index (χ4v) is 3.14. The van der Waals surface area contributed by atoms with Gasteiger partial charge in [-0.2, -0.15) is 0 Å². The van der Waals surface area contributed by atoms with Gasteiger partial charge in [-0.15, -0.1) is 11.6 Å². The van der Waals surface area contributed by atoms with Crippen molar-refractivity contribution in [3.05, 3.63) is 67.6 Å². The van der Waals surface area contributed by atoms with E-state index in [-0.39, 0.29) is 10.6 Å². The summed E-state index contributed by atoms with van der Waals surface area (Å²) in [5.41, 5.74) is 0.922. The first-order valence-corrected chi connectivity index (χ1v) is 7.11. The highest BCUT2D eigenvalue weighted by Crippen LogP contribution is 2.36. The fraction of sp³-hybridized carbons (Fsp3) is 0.0769. The van der Waals surface area contributed by atoms with Crippen molar-refractivity contribution in [1.29, 1.82) is 0 Å². The van der Waals surface area contributed by atoms with Crippen molar-refractivity contribution in [2.45, 2.75) is 5.38 Å². The monoisotopic (exact) mass is 384 g/mol. The quantitative estimate of drug-likeness (QED) is 0.416. The zero-order valence-electron chi connectivity index (χ0n) is 9.23. The van der Waals surface area contributed by atoms with Crippen molar-refractivity contribution in [1.82, 2.24) is 0 Å². The third-order valence-electron chi connectivity index (χ3n) is 2.49. The molecule has 1 unspecified atom stereocenters. The standard InChI is InChI=1S/C13H6BrCl3F2/c14-7-1-6(2-8(15)3-7)13(17)9-4-11(18)12(19)5-10(9)16/h1-5,13H. The Hall–Kier alpha value is -0.350. The van der Waals surface area contributed by atoms with E-state index in [4.69, 9.17) is 34.8 Å². The van der Waals surface area contributed by atoms with Gasteiger partial charge >= 0.3 is 0 Å². The largest absolute Gasteiger partial charge is 0.204 e. The minimum Gasteiger partial charge on any atom is -0.204 e. The fourth-order valence-electron chi connectivity index (χ4n) is 1.63. The molecule has 19 heavy (non-hydrogen) atoms. The van der Waals surface area contributed by atoms with Gasteiger partial charge < -0.3 is 0 Å². The van der Waals surface area contributed by atoms with Crippen LogP contribution in [0.2, 0.25) is 10.0 Å². The van der Waals surface area contributed by atoms with E-state index in [1.807, 2.05) is 0 Å². The molecule has 2 aromatic rings. The summed E-state index contributed by atoms with van der Waals surface area (Å²) in [5.74, 6) is -2.00. The van der Waals surface area contributed by atoms with Crippen molar-refractivity contribution in [2.75, 3.05) is 0 Å². The Morgan fingerprint density at radius 1 is 0.947 bits per heavy atom. The molecule has 0 spiro atoms. The Kier molecular flexibility index (Phi) is 4.72. The van der Waals surface area contributed by atoms with Gasteiger partial charge in [-0.25, -0.2) is 8.78 Å². The minimum absolute atomic E-state index is 0.0648. The molecule has 0 fully saturated rings. The van der Waals surface area contributed by atoms with Gasteiger partial charge in [0.25, 0.3) is 0 Å². The molecule has 0 saturated carbocycles. The Morgan fingerprint density at radius 2 is 1.58 bits per heavy atom. The number of hydrogen-bond donors (Lipinski definition) is 0. The Balaban J connectivity index is 2.49.